The number of nitrogens with zero attached hydrogens (tertiary/aromatic N) is 4. The van der Waals surface area contributed by atoms with Crippen molar-refractivity contribution in [2.24, 2.45) is 0 Å². The Balaban J connectivity index is 1.49. The molecular weight excluding hydrogens is 390 g/mol. The van der Waals surface area contributed by atoms with Crippen molar-refractivity contribution >= 4 is 35.0 Å². The number of pyridine rings is 1. The molecule has 0 radical (unpaired) electrons. The van der Waals surface area contributed by atoms with E-state index in [-0.39, 0.29) is 6.17 Å². The van der Waals surface area contributed by atoms with Crippen LogP contribution in [0.15, 0.2) is 36.5 Å². The zero-order valence-electron chi connectivity index (χ0n) is 18.6. The molecule has 2 aliphatic rings. The molecule has 4 rings (SSSR count). The SMILES string of the molecule is CC1N(C=O)c2cnc(Nc3cccc(NNCCN(C)C)c3)cc2N1C1CCCC1. The standard InChI is InChI=1S/C23H33N7O/c1-17-29(16-31)22-15-24-23(14-21(22)30(17)20-9-4-5-10-20)26-18-7-6-8-19(13-18)27-25-11-12-28(2)3/h6-8,13-17,20,25,27H,4-5,9-12H2,1-3H3,(H,24,26). The average Bonchev–Trinajstić information content (AvgIpc) is 3.36. The number of benzene rings is 1. The molecule has 1 aliphatic carbocycles. The average molecular weight is 424 g/mol. The van der Waals surface area contributed by atoms with Gasteiger partial charge in [0.25, 0.3) is 0 Å². The Labute approximate surface area is 184 Å². The Hall–Kier alpha value is -2.84. The number of nitrogens with one attached hydrogen (secondary N) is 3. The summed E-state index contributed by atoms with van der Waals surface area (Å²) in [4.78, 5) is 22.6. The third-order valence-corrected chi connectivity index (χ3v) is 6.11. The minimum Gasteiger partial charge on any atom is -0.346 e. The number of rotatable bonds is 9. The number of amides is 1. The molecule has 1 aliphatic heterocycles. The number of hydrogen-bond donors (Lipinski definition) is 3. The van der Waals surface area contributed by atoms with Crippen molar-refractivity contribution in [2.45, 2.75) is 44.8 Å². The number of carbonyl (C=O) groups excluding carboxylic acids is 1. The molecule has 31 heavy (non-hydrogen) atoms. The predicted molar refractivity (Wildman–Crippen MR) is 127 cm³/mol. The second-order valence-corrected chi connectivity index (χ2v) is 8.61. The summed E-state index contributed by atoms with van der Waals surface area (Å²) >= 11 is 0. The van der Waals surface area contributed by atoms with Crippen LogP contribution in [0.4, 0.5) is 28.6 Å². The zero-order chi connectivity index (χ0) is 21.8. The highest BCUT2D eigenvalue weighted by atomic mass is 16.1. The van der Waals surface area contributed by atoms with Crippen LogP contribution in [-0.2, 0) is 4.79 Å². The van der Waals surface area contributed by atoms with E-state index in [9.17, 15) is 4.79 Å². The van der Waals surface area contributed by atoms with E-state index in [1.807, 2.05) is 30.5 Å². The predicted octanol–water partition coefficient (Wildman–Crippen LogP) is 3.37. The zero-order valence-corrected chi connectivity index (χ0v) is 18.6. The lowest BCUT2D eigenvalue weighted by Gasteiger charge is -2.32. The van der Waals surface area contributed by atoms with Crippen molar-refractivity contribution in [1.29, 1.82) is 0 Å². The minimum atomic E-state index is 0.0217. The first-order valence-electron chi connectivity index (χ1n) is 11.1. The number of anilines is 5. The van der Waals surface area contributed by atoms with Crippen LogP contribution in [-0.4, -0.2) is 55.7 Å². The van der Waals surface area contributed by atoms with Crippen LogP contribution in [0.1, 0.15) is 32.6 Å². The van der Waals surface area contributed by atoms with Gasteiger partial charge in [0.2, 0.25) is 6.41 Å². The molecule has 0 bridgehead atoms. The van der Waals surface area contributed by atoms with Gasteiger partial charge in [-0.3, -0.25) is 9.69 Å². The molecule has 2 heterocycles. The lowest BCUT2D eigenvalue weighted by Crippen LogP contribution is -2.45. The highest BCUT2D eigenvalue weighted by molar-refractivity contribution is 5.90. The third kappa shape index (κ3) is 4.75. The normalized spacial score (nSPS) is 18.5. The Bertz CT molecular complexity index is 897. The first kappa shape index (κ1) is 21.4. The van der Waals surface area contributed by atoms with Crippen LogP contribution in [0.3, 0.4) is 0 Å². The summed E-state index contributed by atoms with van der Waals surface area (Å²) in [5.41, 5.74) is 10.4. The number of hydrazine groups is 1. The fraction of sp³-hybridized carbons (Fsp3) is 0.478. The summed E-state index contributed by atoms with van der Waals surface area (Å²) in [5, 5.41) is 3.42. The maximum Gasteiger partial charge on any atom is 0.215 e. The molecule has 2 aromatic rings. The number of fused-ring (bicyclic) bond motifs is 1. The highest BCUT2D eigenvalue weighted by Gasteiger charge is 2.38. The molecule has 1 amide bonds. The van der Waals surface area contributed by atoms with Crippen molar-refractivity contribution in [1.82, 2.24) is 15.3 Å². The second-order valence-electron chi connectivity index (χ2n) is 8.61. The fourth-order valence-corrected chi connectivity index (χ4v) is 4.54. The summed E-state index contributed by atoms with van der Waals surface area (Å²) in [7, 11) is 4.11. The van der Waals surface area contributed by atoms with Gasteiger partial charge in [0.1, 0.15) is 12.0 Å². The smallest absolute Gasteiger partial charge is 0.215 e. The molecule has 8 heteroatoms. The van der Waals surface area contributed by atoms with Crippen molar-refractivity contribution in [3.8, 4) is 0 Å². The van der Waals surface area contributed by atoms with Gasteiger partial charge in [-0.05, 0) is 52.1 Å². The Morgan fingerprint density at radius 3 is 2.68 bits per heavy atom. The summed E-state index contributed by atoms with van der Waals surface area (Å²) in [5.74, 6) is 0.777. The fourth-order valence-electron chi connectivity index (χ4n) is 4.54. The topological polar surface area (TPSA) is 75.8 Å². The van der Waals surface area contributed by atoms with Gasteiger partial charge in [0, 0.05) is 30.9 Å². The van der Waals surface area contributed by atoms with Crippen molar-refractivity contribution in [3.05, 3.63) is 36.5 Å². The van der Waals surface area contributed by atoms with E-state index in [1.165, 1.54) is 25.7 Å². The quantitative estimate of drug-likeness (QED) is 0.324. The largest absolute Gasteiger partial charge is 0.346 e. The number of carbonyl (C=O) groups is 1. The maximum atomic E-state index is 11.7. The molecule has 1 aromatic carbocycles. The third-order valence-electron chi connectivity index (χ3n) is 6.11. The van der Waals surface area contributed by atoms with E-state index in [0.29, 0.717) is 6.04 Å². The van der Waals surface area contributed by atoms with Gasteiger partial charge in [-0.2, -0.15) is 0 Å². The Morgan fingerprint density at radius 2 is 1.94 bits per heavy atom. The van der Waals surface area contributed by atoms with E-state index in [0.717, 1.165) is 48.1 Å². The monoisotopic (exact) mass is 423 g/mol. The van der Waals surface area contributed by atoms with E-state index in [2.05, 4.69) is 58.0 Å². The van der Waals surface area contributed by atoms with Crippen molar-refractivity contribution in [3.63, 3.8) is 0 Å². The van der Waals surface area contributed by atoms with Gasteiger partial charge < -0.3 is 20.5 Å². The van der Waals surface area contributed by atoms with Crippen LogP contribution in [0.25, 0.3) is 0 Å². The van der Waals surface area contributed by atoms with Gasteiger partial charge in [-0.1, -0.05) is 18.9 Å². The van der Waals surface area contributed by atoms with Crippen LogP contribution < -0.4 is 26.0 Å². The summed E-state index contributed by atoms with van der Waals surface area (Å²) in [6.07, 6.45) is 7.61. The molecule has 1 atom stereocenters. The van der Waals surface area contributed by atoms with Gasteiger partial charge in [0.05, 0.1) is 23.3 Å². The molecule has 0 spiro atoms. The van der Waals surface area contributed by atoms with Crippen LogP contribution >= 0.6 is 0 Å². The highest BCUT2D eigenvalue weighted by Crippen LogP contribution is 2.43. The van der Waals surface area contributed by atoms with E-state index >= 15 is 0 Å². The lowest BCUT2D eigenvalue weighted by molar-refractivity contribution is -0.107. The maximum absolute atomic E-state index is 11.7. The molecule has 1 aromatic heterocycles. The first-order valence-corrected chi connectivity index (χ1v) is 11.1. The van der Waals surface area contributed by atoms with Crippen molar-refractivity contribution in [2.75, 3.05) is 47.7 Å². The van der Waals surface area contributed by atoms with Crippen LogP contribution in [0.2, 0.25) is 0 Å². The molecule has 1 unspecified atom stereocenters. The van der Waals surface area contributed by atoms with E-state index in [1.54, 1.807) is 4.90 Å². The number of likely N-dealkylation sites (N-methyl/N-ethyl adjacent to an activating group) is 1. The van der Waals surface area contributed by atoms with Crippen LogP contribution in [0.5, 0.6) is 0 Å². The van der Waals surface area contributed by atoms with E-state index in [4.69, 9.17) is 0 Å². The second kappa shape index (κ2) is 9.53. The molecule has 1 saturated carbocycles. The van der Waals surface area contributed by atoms with Gasteiger partial charge in [-0.25, -0.2) is 10.4 Å². The Morgan fingerprint density at radius 1 is 1.16 bits per heavy atom. The minimum absolute atomic E-state index is 0.0217. The molecule has 166 valence electrons. The van der Waals surface area contributed by atoms with Gasteiger partial charge >= 0.3 is 0 Å². The Kier molecular flexibility index (Phi) is 6.58. The molecule has 1 fully saturated rings. The number of aromatic nitrogens is 1. The van der Waals surface area contributed by atoms with E-state index < -0.39 is 0 Å². The lowest BCUT2D eigenvalue weighted by atomic mass is 10.2. The van der Waals surface area contributed by atoms with Gasteiger partial charge in [0.15, 0.2) is 0 Å². The van der Waals surface area contributed by atoms with Crippen LogP contribution in [0, 0.1) is 0 Å². The molecule has 3 N–H and O–H groups in total. The van der Waals surface area contributed by atoms with Crippen molar-refractivity contribution < 1.29 is 4.79 Å². The molecule has 0 saturated heterocycles. The summed E-state index contributed by atoms with van der Waals surface area (Å²) < 4.78 is 0. The molecular formula is C23H33N7O. The number of hydrogen-bond acceptors (Lipinski definition) is 7. The summed E-state index contributed by atoms with van der Waals surface area (Å²) in [6.45, 7) is 3.90. The first-order chi connectivity index (χ1) is 15.1. The summed E-state index contributed by atoms with van der Waals surface area (Å²) in [6, 6.07) is 10.7. The molecule has 8 nitrogen and oxygen atoms in total. The van der Waals surface area contributed by atoms with Gasteiger partial charge in [-0.15, -0.1) is 0 Å².